The van der Waals surface area contributed by atoms with E-state index in [1.54, 1.807) is 29.2 Å². The monoisotopic (exact) mass is 292 g/mol. The highest BCUT2D eigenvalue weighted by molar-refractivity contribution is 5.92. The van der Waals surface area contributed by atoms with Gasteiger partial charge in [0.05, 0.1) is 19.3 Å². The number of anilines is 1. The molecule has 0 saturated heterocycles. The molecule has 0 unspecified atom stereocenters. The van der Waals surface area contributed by atoms with Crippen LogP contribution in [0.15, 0.2) is 36.9 Å². The van der Waals surface area contributed by atoms with Gasteiger partial charge in [-0.3, -0.25) is 14.5 Å². The number of para-hydroxylation sites is 2. The molecule has 21 heavy (non-hydrogen) atoms. The van der Waals surface area contributed by atoms with E-state index in [-0.39, 0.29) is 18.9 Å². The summed E-state index contributed by atoms with van der Waals surface area (Å²) in [5.41, 5.74) is 0.596. The molecule has 0 radical (unpaired) electrons. The maximum Gasteiger partial charge on any atom is 0.317 e. The predicted octanol–water partition coefficient (Wildman–Crippen LogP) is 1.60. The van der Waals surface area contributed by atoms with Gasteiger partial charge in [0.2, 0.25) is 5.91 Å². The highest BCUT2D eigenvalue weighted by Gasteiger charge is 2.11. The Morgan fingerprint density at radius 1 is 1.43 bits per heavy atom. The Balaban J connectivity index is 2.52. The Morgan fingerprint density at radius 2 is 2.14 bits per heavy atom. The number of hydrogen-bond donors (Lipinski definition) is 2. The van der Waals surface area contributed by atoms with Crippen molar-refractivity contribution in [1.29, 1.82) is 0 Å². The van der Waals surface area contributed by atoms with E-state index in [0.29, 0.717) is 24.5 Å². The van der Waals surface area contributed by atoms with E-state index in [4.69, 9.17) is 9.84 Å². The minimum atomic E-state index is -0.929. The van der Waals surface area contributed by atoms with Gasteiger partial charge in [-0.05, 0) is 12.1 Å². The van der Waals surface area contributed by atoms with Gasteiger partial charge < -0.3 is 15.2 Å². The van der Waals surface area contributed by atoms with Gasteiger partial charge >= 0.3 is 5.97 Å². The first kappa shape index (κ1) is 16.7. The number of carboxylic acid groups (broad SMARTS) is 1. The molecular weight excluding hydrogens is 272 g/mol. The van der Waals surface area contributed by atoms with E-state index >= 15 is 0 Å². The maximum atomic E-state index is 11.9. The number of carbonyl (C=O) groups excluding carboxylic acids is 1. The molecule has 0 aliphatic heterocycles. The van der Waals surface area contributed by atoms with Crippen LogP contribution >= 0.6 is 0 Å². The number of amides is 1. The fourth-order valence-corrected chi connectivity index (χ4v) is 1.83. The molecular formula is C15H20N2O4. The number of nitrogens with zero attached hydrogens (tertiary/aromatic N) is 1. The van der Waals surface area contributed by atoms with Crippen LogP contribution in [0.3, 0.4) is 0 Å². The summed E-state index contributed by atoms with van der Waals surface area (Å²) in [7, 11) is 1.53. The minimum absolute atomic E-state index is 0.117. The van der Waals surface area contributed by atoms with Gasteiger partial charge in [-0.25, -0.2) is 0 Å². The van der Waals surface area contributed by atoms with Crippen LogP contribution in [0, 0.1) is 0 Å². The molecule has 1 amide bonds. The molecule has 0 bridgehead atoms. The zero-order valence-electron chi connectivity index (χ0n) is 12.0. The first-order valence-corrected chi connectivity index (χ1v) is 6.54. The molecule has 0 aliphatic carbocycles. The van der Waals surface area contributed by atoms with E-state index in [1.165, 1.54) is 7.11 Å². The predicted molar refractivity (Wildman–Crippen MR) is 80.5 cm³/mol. The summed E-state index contributed by atoms with van der Waals surface area (Å²) in [5, 5.41) is 11.5. The fourth-order valence-electron chi connectivity index (χ4n) is 1.83. The van der Waals surface area contributed by atoms with Crippen LogP contribution in [0.1, 0.15) is 6.42 Å². The Hall–Kier alpha value is -2.34. The van der Waals surface area contributed by atoms with Crippen LogP contribution < -0.4 is 10.1 Å². The molecule has 0 atom stereocenters. The lowest BCUT2D eigenvalue weighted by molar-refractivity contribution is -0.138. The molecule has 0 aliphatic rings. The molecule has 6 nitrogen and oxygen atoms in total. The van der Waals surface area contributed by atoms with Crippen molar-refractivity contribution in [3.63, 3.8) is 0 Å². The molecule has 0 heterocycles. The third-order valence-electron chi connectivity index (χ3n) is 2.78. The standard InChI is InChI=1S/C15H20N2O4/c1-3-9-17(11-15(19)20)10-8-14(18)16-12-6-4-5-7-13(12)21-2/h3-7H,1,8-11H2,2H3,(H,16,18)(H,19,20). The van der Waals surface area contributed by atoms with Gasteiger partial charge in [0, 0.05) is 19.5 Å². The number of ether oxygens (including phenoxy) is 1. The average Bonchev–Trinajstić information content (AvgIpc) is 2.45. The Morgan fingerprint density at radius 3 is 2.76 bits per heavy atom. The molecule has 6 heteroatoms. The molecule has 1 rings (SSSR count). The second-order valence-electron chi connectivity index (χ2n) is 4.42. The summed E-state index contributed by atoms with van der Waals surface area (Å²) in [5.74, 6) is -0.541. The zero-order chi connectivity index (χ0) is 15.7. The van der Waals surface area contributed by atoms with Gasteiger partial charge in [0.1, 0.15) is 5.75 Å². The highest BCUT2D eigenvalue weighted by Crippen LogP contribution is 2.22. The maximum absolute atomic E-state index is 11.9. The summed E-state index contributed by atoms with van der Waals surface area (Å²) in [6.07, 6.45) is 1.81. The first-order chi connectivity index (χ1) is 10.1. The summed E-state index contributed by atoms with van der Waals surface area (Å²) < 4.78 is 5.15. The average molecular weight is 292 g/mol. The quantitative estimate of drug-likeness (QED) is 0.676. The van der Waals surface area contributed by atoms with Crippen molar-refractivity contribution >= 4 is 17.6 Å². The van der Waals surface area contributed by atoms with E-state index < -0.39 is 5.97 Å². The summed E-state index contributed by atoms with van der Waals surface area (Å²) in [6.45, 7) is 4.23. The Labute approximate surface area is 124 Å². The van der Waals surface area contributed by atoms with Crippen molar-refractivity contribution in [2.45, 2.75) is 6.42 Å². The van der Waals surface area contributed by atoms with Gasteiger partial charge in [-0.2, -0.15) is 0 Å². The fraction of sp³-hybridized carbons (Fsp3) is 0.333. The number of carbonyl (C=O) groups is 2. The smallest absolute Gasteiger partial charge is 0.317 e. The molecule has 114 valence electrons. The van der Waals surface area contributed by atoms with Crippen molar-refractivity contribution < 1.29 is 19.4 Å². The molecule has 1 aromatic carbocycles. The van der Waals surface area contributed by atoms with Gasteiger partial charge in [-0.1, -0.05) is 18.2 Å². The van der Waals surface area contributed by atoms with Gasteiger partial charge in [0.15, 0.2) is 0 Å². The van der Waals surface area contributed by atoms with E-state index in [0.717, 1.165) is 0 Å². The van der Waals surface area contributed by atoms with Crippen molar-refractivity contribution in [1.82, 2.24) is 4.90 Å². The lowest BCUT2D eigenvalue weighted by Gasteiger charge is -2.18. The number of methoxy groups -OCH3 is 1. The number of rotatable bonds is 9. The van der Waals surface area contributed by atoms with Gasteiger partial charge in [0.25, 0.3) is 0 Å². The number of nitrogens with one attached hydrogen (secondary N) is 1. The Bertz CT molecular complexity index is 502. The van der Waals surface area contributed by atoms with Crippen LogP contribution in [0.5, 0.6) is 5.75 Å². The van der Waals surface area contributed by atoms with Crippen LogP contribution in [-0.4, -0.2) is 48.6 Å². The number of benzene rings is 1. The summed E-state index contributed by atoms with van der Waals surface area (Å²) >= 11 is 0. The van der Waals surface area contributed by atoms with Crippen molar-refractivity contribution in [2.75, 3.05) is 32.1 Å². The normalized spacial score (nSPS) is 10.2. The molecule has 0 aromatic heterocycles. The number of hydrogen-bond acceptors (Lipinski definition) is 4. The van der Waals surface area contributed by atoms with Crippen LogP contribution in [0.2, 0.25) is 0 Å². The number of carboxylic acids is 1. The van der Waals surface area contributed by atoms with E-state index in [9.17, 15) is 9.59 Å². The van der Waals surface area contributed by atoms with Crippen LogP contribution in [0.25, 0.3) is 0 Å². The SMILES string of the molecule is C=CCN(CCC(=O)Nc1ccccc1OC)CC(=O)O. The number of aliphatic carboxylic acids is 1. The largest absolute Gasteiger partial charge is 0.495 e. The molecule has 2 N–H and O–H groups in total. The summed E-state index contributed by atoms with van der Waals surface area (Å²) in [6, 6.07) is 7.11. The Kier molecular flexibility index (Phi) is 6.97. The van der Waals surface area contributed by atoms with Gasteiger partial charge in [-0.15, -0.1) is 6.58 Å². The molecule has 0 saturated carbocycles. The van der Waals surface area contributed by atoms with Crippen LogP contribution in [-0.2, 0) is 9.59 Å². The lowest BCUT2D eigenvalue weighted by atomic mass is 10.2. The third-order valence-corrected chi connectivity index (χ3v) is 2.78. The second-order valence-corrected chi connectivity index (χ2v) is 4.42. The molecule has 0 spiro atoms. The highest BCUT2D eigenvalue weighted by atomic mass is 16.5. The van der Waals surface area contributed by atoms with Crippen molar-refractivity contribution in [3.8, 4) is 5.75 Å². The van der Waals surface area contributed by atoms with E-state index in [2.05, 4.69) is 11.9 Å². The van der Waals surface area contributed by atoms with Crippen molar-refractivity contribution in [3.05, 3.63) is 36.9 Å². The first-order valence-electron chi connectivity index (χ1n) is 6.54. The topological polar surface area (TPSA) is 78.9 Å². The third kappa shape index (κ3) is 6.09. The minimum Gasteiger partial charge on any atom is -0.495 e. The van der Waals surface area contributed by atoms with Crippen LogP contribution in [0.4, 0.5) is 5.69 Å². The molecule has 0 fully saturated rings. The van der Waals surface area contributed by atoms with Crippen molar-refractivity contribution in [2.24, 2.45) is 0 Å². The summed E-state index contributed by atoms with van der Waals surface area (Å²) in [4.78, 5) is 24.3. The lowest BCUT2D eigenvalue weighted by Crippen LogP contribution is -2.32. The molecule has 1 aromatic rings. The second kappa shape index (κ2) is 8.76. The van der Waals surface area contributed by atoms with E-state index in [1.807, 2.05) is 6.07 Å². The zero-order valence-corrected chi connectivity index (χ0v) is 12.0.